The van der Waals surface area contributed by atoms with E-state index in [1.54, 1.807) is 6.20 Å². The summed E-state index contributed by atoms with van der Waals surface area (Å²) in [6.07, 6.45) is 2.13. The molecule has 8 heteroatoms. The third-order valence-corrected chi connectivity index (χ3v) is 4.15. The molecule has 1 fully saturated rings. The van der Waals surface area contributed by atoms with Crippen LogP contribution in [0.25, 0.3) is 10.7 Å². The second-order valence-electron chi connectivity index (χ2n) is 4.67. The Labute approximate surface area is 146 Å². The van der Waals surface area contributed by atoms with Crippen LogP contribution in [0.2, 0.25) is 0 Å². The van der Waals surface area contributed by atoms with Gasteiger partial charge in [-0.05, 0) is 12.1 Å². The normalized spacial score (nSPS) is 13.9. The maximum Gasteiger partial charge on any atom is 0.228 e. The van der Waals surface area contributed by atoms with E-state index < -0.39 is 0 Å². The molecule has 1 amide bonds. The summed E-state index contributed by atoms with van der Waals surface area (Å²) < 4.78 is 0. The minimum absolute atomic E-state index is 0. The standard InChI is InChI=1S/C14H16N4OS.2ClH/c19-13(18-7-5-15-6-8-18)9-11-10-20-14(17-11)12-3-1-2-4-16-12;;/h1-4,10,15H,5-9H2;2*1H. The molecule has 5 nitrogen and oxygen atoms in total. The number of thiazole rings is 1. The molecule has 0 aromatic carbocycles. The molecule has 0 unspecified atom stereocenters. The smallest absolute Gasteiger partial charge is 0.228 e. The molecule has 3 rings (SSSR count). The fourth-order valence-electron chi connectivity index (χ4n) is 2.18. The van der Waals surface area contributed by atoms with Crippen molar-refractivity contribution in [2.45, 2.75) is 6.42 Å². The van der Waals surface area contributed by atoms with Gasteiger partial charge in [-0.2, -0.15) is 0 Å². The highest BCUT2D eigenvalue weighted by Crippen LogP contribution is 2.21. The molecule has 0 aliphatic carbocycles. The Morgan fingerprint density at radius 3 is 2.73 bits per heavy atom. The van der Waals surface area contributed by atoms with E-state index in [0.717, 1.165) is 42.6 Å². The van der Waals surface area contributed by atoms with Crippen LogP contribution in [0.15, 0.2) is 29.8 Å². The first kappa shape index (κ1) is 18.8. The van der Waals surface area contributed by atoms with Crippen LogP contribution in [0.5, 0.6) is 0 Å². The largest absolute Gasteiger partial charge is 0.340 e. The molecule has 0 saturated carbocycles. The van der Waals surface area contributed by atoms with Crippen LogP contribution in [0.4, 0.5) is 0 Å². The van der Waals surface area contributed by atoms with Gasteiger partial charge in [-0.25, -0.2) is 4.98 Å². The number of piperazine rings is 1. The molecule has 1 saturated heterocycles. The molecule has 0 spiro atoms. The lowest BCUT2D eigenvalue weighted by molar-refractivity contribution is -0.131. The molecule has 0 radical (unpaired) electrons. The Balaban J connectivity index is 0.00000121. The minimum atomic E-state index is 0. The first-order valence-electron chi connectivity index (χ1n) is 6.67. The van der Waals surface area contributed by atoms with E-state index in [9.17, 15) is 4.79 Å². The summed E-state index contributed by atoms with van der Waals surface area (Å²) in [4.78, 5) is 22.8. The lowest BCUT2D eigenvalue weighted by atomic mass is 10.2. The van der Waals surface area contributed by atoms with E-state index >= 15 is 0 Å². The van der Waals surface area contributed by atoms with Gasteiger partial charge in [0, 0.05) is 37.8 Å². The molecular formula is C14H18Cl2N4OS. The number of rotatable bonds is 3. The second-order valence-corrected chi connectivity index (χ2v) is 5.52. The highest BCUT2D eigenvalue weighted by molar-refractivity contribution is 7.13. The fourth-order valence-corrected chi connectivity index (χ4v) is 2.97. The molecule has 1 N–H and O–H groups in total. The van der Waals surface area contributed by atoms with Gasteiger partial charge < -0.3 is 10.2 Å². The third-order valence-electron chi connectivity index (χ3n) is 3.24. The molecule has 22 heavy (non-hydrogen) atoms. The van der Waals surface area contributed by atoms with E-state index in [2.05, 4.69) is 15.3 Å². The van der Waals surface area contributed by atoms with Gasteiger partial charge in [-0.15, -0.1) is 36.2 Å². The number of carbonyl (C=O) groups excluding carboxylic acids is 1. The Kier molecular flexibility index (Phi) is 7.75. The third kappa shape index (κ3) is 4.64. The Morgan fingerprint density at radius 2 is 2.05 bits per heavy atom. The molecule has 120 valence electrons. The van der Waals surface area contributed by atoms with E-state index in [1.807, 2.05) is 28.5 Å². The van der Waals surface area contributed by atoms with Gasteiger partial charge in [-0.1, -0.05) is 6.07 Å². The van der Waals surface area contributed by atoms with E-state index in [0.29, 0.717) is 6.42 Å². The number of hydrogen-bond acceptors (Lipinski definition) is 5. The Morgan fingerprint density at radius 1 is 1.27 bits per heavy atom. The number of amides is 1. The zero-order chi connectivity index (χ0) is 13.8. The predicted octanol–water partition coefficient (Wildman–Crippen LogP) is 2.02. The second kappa shape index (κ2) is 9.05. The van der Waals surface area contributed by atoms with Crippen molar-refractivity contribution in [1.29, 1.82) is 0 Å². The zero-order valence-corrected chi connectivity index (χ0v) is 14.3. The lowest BCUT2D eigenvalue weighted by Gasteiger charge is -2.27. The molecule has 1 aliphatic rings. The zero-order valence-electron chi connectivity index (χ0n) is 11.9. The molecule has 2 aromatic rings. The fraction of sp³-hybridized carbons (Fsp3) is 0.357. The van der Waals surface area contributed by atoms with Crippen LogP contribution in [0.1, 0.15) is 5.69 Å². The quantitative estimate of drug-likeness (QED) is 0.909. The monoisotopic (exact) mass is 360 g/mol. The van der Waals surface area contributed by atoms with Crippen molar-refractivity contribution >= 4 is 42.1 Å². The number of aromatic nitrogens is 2. The van der Waals surface area contributed by atoms with Gasteiger partial charge in [0.05, 0.1) is 17.8 Å². The number of pyridine rings is 1. The van der Waals surface area contributed by atoms with Crippen LogP contribution >= 0.6 is 36.2 Å². The first-order chi connectivity index (χ1) is 9.83. The SMILES string of the molecule is Cl.Cl.O=C(Cc1csc(-c2ccccn2)n1)N1CCNCC1. The molecule has 0 bridgehead atoms. The maximum atomic E-state index is 12.2. The highest BCUT2D eigenvalue weighted by Gasteiger charge is 2.17. The Bertz CT molecular complexity index is 588. The van der Waals surface area contributed by atoms with Crippen molar-refractivity contribution in [3.8, 4) is 10.7 Å². The Hall–Kier alpha value is -1.21. The summed E-state index contributed by atoms with van der Waals surface area (Å²) >= 11 is 1.53. The van der Waals surface area contributed by atoms with Crippen molar-refractivity contribution in [3.05, 3.63) is 35.5 Å². The van der Waals surface area contributed by atoms with Crippen LogP contribution in [0, 0.1) is 0 Å². The van der Waals surface area contributed by atoms with Crippen molar-refractivity contribution in [2.24, 2.45) is 0 Å². The van der Waals surface area contributed by atoms with E-state index in [1.165, 1.54) is 11.3 Å². The van der Waals surface area contributed by atoms with Crippen LogP contribution in [-0.4, -0.2) is 47.0 Å². The van der Waals surface area contributed by atoms with Gasteiger partial charge in [0.25, 0.3) is 0 Å². The maximum absolute atomic E-state index is 12.2. The van der Waals surface area contributed by atoms with E-state index in [-0.39, 0.29) is 30.7 Å². The van der Waals surface area contributed by atoms with E-state index in [4.69, 9.17) is 0 Å². The van der Waals surface area contributed by atoms with Crippen molar-refractivity contribution in [2.75, 3.05) is 26.2 Å². The minimum Gasteiger partial charge on any atom is -0.340 e. The summed E-state index contributed by atoms with van der Waals surface area (Å²) in [6.45, 7) is 3.33. The van der Waals surface area contributed by atoms with Crippen LogP contribution in [0.3, 0.4) is 0 Å². The molecule has 2 aromatic heterocycles. The summed E-state index contributed by atoms with van der Waals surface area (Å²) in [7, 11) is 0. The molecule has 0 atom stereocenters. The van der Waals surface area contributed by atoms with Crippen molar-refractivity contribution in [1.82, 2.24) is 20.2 Å². The average Bonchev–Trinajstić information content (AvgIpc) is 2.97. The summed E-state index contributed by atoms with van der Waals surface area (Å²) in [5.41, 5.74) is 1.69. The van der Waals surface area contributed by atoms with Gasteiger partial charge in [0.1, 0.15) is 5.01 Å². The first-order valence-corrected chi connectivity index (χ1v) is 7.55. The highest BCUT2D eigenvalue weighted by atomic mass is 35.5. The van der Waals surface area contributed by atoms with Crippen molar-refractivity contribution < 1.29 is 4.79 Å². The topological polar surface area (TPSA) is 58.1 Å². The molecular weight excluding hydrogens is 343 g/mol. The number of halogens is 2. The van der Waals surface area contributed by atoms with Gasteiger partial charge in [-0.3, -0.25) is 9.78 Å². The summed E-state index contributed by atoms with van der Waals surface area (Å²) in [5.74, 6) is 0.157. The van der Waals surface area contributed by atoms with Gasteiger partial charge in [0.2, 0.25) is 5.91 Å². The van der Waals surface area contributed by atoms with Crippen molar-refractivity contribution in [3.63, 3.8) is 0 Å². The van der Waals surface area contributed by atoms with Gasteiger partial charge in [0.15, 0.2) is 0 Å². The number of hydrogen-bond donors (Lipinski definition) is 1. The number of carbonyl (C=O) groups is 1. The van der Waals surface area contributed by atoms with Crippen LogP contribution in [-0.2, 0) is 11.2 Å². The average molecular weight is 361 g/mol. The molecule has 1 aliphatic heterocycles. The molecule has 3 heterocycles. The number of nitrogens with one attached hydrogen (secondary N) is 1. The van der Waals surface area contributed by atoms with Gasteiger partial charge >= 0.3 is 0 Å². The summed E-state index contributed by atoms with van der Waals surface area (Å²) in [6, 6.07) is 5.75. The predicted molar refractivity (Wildman–Crippen MR) is 93.0 cm³/mol. The lowest BCUT2D eigenvalue weighted by Crippen LogP contribution is -2.46. The summed E-state index contributed by atoms with van der Waals surface area (Å²) in [5, 5.41) is 6.06. The van der Waals surface area contributed by atoms with Crippen LogP contribution < -0.4 is 5.32 Å². The number of nitrogens with zero attached hydrogens (tertiary/aromatic N) is 3.